The lowest BCUT2D eigenvalue weighted by molar-refractivity contribution is 0.0377. The van der Waals surface area contributed by atoms with Crippen LogP contribution < -0.4 is 11.1 Å². The van der Waals surface area contributed by atoms with Crippen molar-refractivity contribution >= 4 is 44.5 Å². The molecular weight excluding hydrogens is 518 g/mol. The molecule has 1 saturated heterocycles. The Kier molecular flexibility index (Phi) is 7.53. The van der Waals surface area contributed by atoms with E-state index in [1.54, 1.807) is 36.4 Å². The van der Waals surface area contributed by atoms with Gasteiger partial charge in [-0.1, -0.05) is 35.6 Å². The molecule has 10 nitrogen and oxygen atoms in total. The van der Waals surface area contributed by atoms with Crippen LogP contribution in [0, 0.1) is 0 Å². The number of nitrogens with zero attached hydrogens (tertiary/aromatic N) is 3. The van der Waals surface area contributed by atoms with Crippen LogP contribution in [0.2, 0.25) is 0 Å². The van der Waals surface area contributed by atoms with E-state index in [-0.39, 0.29) is 36.3 Å². The van der Waals surface area contributed by atoms with E-state index < -0.39 is 18.0 Å². The van der Waals surface area contributed by atoms with Crippen LogP contribution in [-0.4, -0.2) is 64.1 Å². The molecular formula is C28H27N5O5S. The number of amides is 2. The number of nitrogens with two attached hydrogens (primary N) is 1. The molecule has 0 spiro atoms. The first-order valence-electron chi connectivity index (χ1n) is 12.4. The zero-order chi connectivity index (χ0) is 27.5. The maximum atomic E-state index is 13.2. The van der Waals surface area contributed by atoms with E-state index in [0.29, 0.717) is 23.7 Å². The summed E-state index contributed by atoms with van der Waals surface area (Å²) < 4.78 is 5.72. The molecule has 1 fully saturated rings. The van der Waals surface area contributed by atoms with Crippen molar-refractivity contribution in [3.63, 3.8) is 0 Å². The fourth-order valence-corrected chi connectivity index (χ4v) is 5.53. The molecule has 2 aromatic heterocycles. The van der Waals surface area contributed by atoms with Crippen LogP contribution >= 0.6 is 11.3 Å². The molecule has 0 saturated carbocycles. The standard InChI is InChI=1S/C28H27N5O5S/c1-38-27(37)18-5-2-4-17(13-18)19-10-11-33(15-23(19)34)26(36)22-7-3-6-21(31-22)25(35)30-14-16-8-9-20-24(12-16)39-28(29)32-20/h2-9,12-13,19,23,34H,10-11,14-15H2,1H3,(H2,29,32)(H,30,35). The fraction of sp³-hybridized carbons (Fsp3) is 0.250. The summed E-state index contributed by atoms with van der Waals surface area (Å²) in [6, 6.07) is 17.3. The molecule has 0 radical (unpaired) electrons. The summed E-state index contributed by atoms with van der Waals surface area (Å²) in [5.74, 6) is -1.44. The van der Waals surface area contributed by atoms with E-state index in [1.165, 1.54) is 23.3 Å². The first kappa shape index (κ1) is 26.3. The Morgan fingerprint density at radius 1 is 1.10 bits per heavy atom. The number of piperidine rings is 1. The van der Waals surface area contributed by atoms with Crippen molar-refractivity contribution in [2.45, 2.75) is 25.0 Å². The third-order valence-corrected chi connectivity index (χ3v) is 7.58. The van der Waals surface area contributed by atoms with Crippen molar-refractivity contribution in [2.24, 2.45) is 0 Å². The van der Waals surface area contributed by atoms with Gasteiger partial charge in [0.05, 0.1) is 29.0 Å². The molecule has 11 heteroatoms. The van der Waals surface area contributed by atoms with Crippen molar-refractivity contribution in [2.75, 3.05) is 25.9 Å². The third kappa shape index (κ3) is 5.74. The number of pyridine rings is 1. The number of nitrogens with one attached hydrogen (secondary N) is 1. The normalized spacial score (nSPS) is 17.1. The second-order valence-electron chi connectivity index (χ2n) is 9.28. The monoisotopic (exact) mass is 545 g/mol. The molecule has 0 aliphatic carbocycles. The van der Waals surface area contributed by atoms with Crippen molar-refractivity contribution in [3.05, 3.63) is 88.7 Å². The summed E-state index contributed by atoms with van der Waals surface area (Å²) in [5.41, 5.74) is 8.94. The first-order chi connectivity index (χ1) is 18.8. The summed E-state index contributed by atoms with van der Waals surface area (Å²) in [6.45, 7) is 0.781. The largest absolute Gasteiger partial charge is 0.465 e. The minimum atomic E-state index is -0.826. The van der Waals surface area contributed by atoms with E-state index in [2.05, 4.69) is 15.3 Å². The van der Waals surface area contributed by atoms with Crippen LogP contribution in [0.4, 0.5) is 5.13 Å². The number of methoxy groups -OCH3 is 1. The van der Waals surface area contributed by atoms with Crippen LogP contribution in [0.15, 0.2) is 60.7 Å². The van der Waals surface area contributed by atoms with Crippen LogP contribution in [0.5, 0.6) is 0 Å². The van der Waals surface area contributed by atoms with Crippen molar-refractivity contribution in [1.29, 1.82) is 0 Å². The minimum Gasteiger partial charge on any atom is -0.465 e. The lowest BCUT2D eigenvalue weighted by Gasteiger charge is -2.36. The van der Waals surface area contributed by atoms with Crippen LogP contribution in [0.3, 0.4) is 0 Å². The molecule has 2 amide bonds. The second kappa shape index (κ2) is 11.2. The van der Waals surface area contributed by atoms with Crippen LogP contribution in [0.1, 0.15) is 54.8 Å². The number of rotatable bonds is 6. The van der Waals surface area contributed by atoms with Crippen molar-refractivity contribution in [1.82, 2.24) is 20.2 Å². The highest BCUT2D eigenvalue weighted by Gasteiger charge is 2.32. The number of likely N-dealkylation sites (tertiary alicyclic amines) is 1. The number of esters is 1. The molecule has 2 aromatic carbocycles. The smallest absolute Gasteiger partial charge is 0.337 e. The minimum absolute atomic E-state index is 0.106. The van der Waals surface area contributed by atoms with E-state index in [9.17, 15) is 19.5 Å². The number of benzene rings is 2. The number of aromatic nitrogens is 2. The van der Waals surface area contributed by atoms with Gasteiger partial charge in [0.25, 0.3) is 11.8 Å². The molecule has 1 aliphatic rings. The number of β-amino-alcohol motifs (C(OH)–C–C–N with tert-alkyl or cyclic N) is 1. The number of thiazole rings is 1. The van der Waals surface area contributed by atoms with E-state index in [0.717, 1.165) is 21.3 Å². The number of anilines is 1. The number of nitrogen functional groups attached to an aromatic ring is 1. The predicted molar refractivity (Wildman–Crippen MR) is 146 cm³/mol. The summed E-state index contributed by atoms with van der Waals surface area (Å²) in [4.78, 5) is 47.9. The molecule has 2 atom stereocenters. The Bertz CT molecular complexity index is 1550. The number of ether oxygens (including phenoxy) is 1. The Labute approximate surface area is 228 Å². The number of fused-ring (bicyclic) bond motifs is 1. The Balaban J connectivity index is 1.22. The van der Waals surface area contributed by atoms with Crippen LogP contribution in [-0.2, 0) is 11.3 Å². The molecule has 200 valence electrons. The van der Waals surface area contributed by atoms with Gasteiger partial charge in [0.2, 0.25) is 0 Å². The number of carbonyl (C=O) groups is 3. The van der Waals surface area contributed by atoms with Gasteiger partial charge >= 0.3 is 5.97 Å². The fourth-order valence-electron chi connectivity index (χ4n) is 4.73. The molecule has 0 bridgehead atoms. The van der Waals surface area contributed by atoms with Gasteiger partial charge in [-0.25, -0.2) is 14.8 Å². The lowest BCUT2D eigenvalue weighted by Crippen LogP contribution is -2.46. The zero-order valence-electron chi connectivity index (χ0n) is 21.2. The molecule has 5 rings (SSSR count). The van der Waals surface area contributed by atoms with E-state index in [1.807, 2.05) is 24.3 Å². The number of aliphatic hydroxyl groups excluding tert-OH is 1. The lowest BCUT2D eigenvalue weighted by atomic mass is 9.86. The van der Waals surface area contributed by atoms with Crippen molar-refractivity contribution in [3.8, 4) is 0 Å². The topological polar surface area (TPSA) is 148 Å². The number of hydrogen-bond donors (Lipinski definition) is 3. The Hall–Kier alpha value is -4.35. The first-order valence-corrected chi connectivity index (χ1v) is 13.2. The highest BCUT2D eigenvalue weighted by atomic mass is 32.1. The van der Waals surface area contributed by atoms with Gasteiger partial charge in [-0.15, -0.1) is 0 Å². The Morgan fingerprint density at radius 2 is 1.90 bits per heavy atom. The van der Waals surface area contributed by atoms with Gasteiger partial charge in [0, 0.05) is 25.6 Å². The highest BCUT2D eigenvalue weighted by Crippen LogP contribution is 2.30. The number of aliphatic hydroxyl groups is 1. The quantitative estimate of drug-likeness (QED) is 0.313. The van der Waals surface area contributed by atoms with Gasteiger partial charge in [-0.2, -0.15) is 0 Å². The molecule has 39 heavy (non-hydrogen) atoms. The van der Waals surface area contributed by atoms with Gasteiger partial charge < -0.3 is 25.8 Å². The molecule has 3 heterocycles. The van der Waals surface area contributed by atoms with Gasteiger partial charge in [0.15, 0.2) is 5.13 Å². The second-order valence-corrected chi connectivity index (χ2v) is 10.3. The number of carbonyl (C=O) groups excluding carboxylic acids is 3. The molecule has 1 aliphatic heterocycles. The zero-order valence-corrected chi connectivity index (χ0v) is 22.0. The van der Waals surface area contributed by atoms with Gasteiger partial charge in [-0.05, 0) is 53.9 Å². The van der Waals surface area contributed by atoms with Gasteiger partial charge in [0.1, 0.15) is 11.4 Å². The maximum absolute atomic E-state index is 13.2. The van der Waals surface area contributed by atoms with Crippen molar-refractivity contribution < 1.29 is 24.2 Å². The average Bonchev–Trinajstić information content (AvgIpc) is 3.34. The summed E-state index contributed by atoms with van der Waals surface area (Å²) in [6.07, 6.45) is -0.318. The Morgan fingerprint density at radius 3 is 2.69 bits per heavy atom. The summed E-state index contributed by atoms with van der Waals surface area (Å²) in [5, 5.41) is 14.2. The number of hydrogen-bond acceptors (Lipinski definition) is 9. The van der Waals surface area contributed by atoms with Gasteiger partial charge in [-0.3, -0.25) is 9.59 Å². The highest BCUT2D eigenvalue weighted by molar-refractivity contribution is 7.22. The predicted octanol–water partition coefficient (Wildman–Crippen LogP) is 2.98. The van der Waals surface area contributed by atoms with Crippen LogP contribution in [0.25, 0.3) is 10.2 Å². The third-order valence-electron chi connectivity index (χ3n) is 6.73. The molecule has 2 unspecified atom stereocenters. The summed E-state index contributed by atoms with van der Waals surface area (Å²) >= 11 is 1.38. The average molecular weight is 546 g/mol. The molecule has 4 aromatic rings. The SMILES string of the molecule is COC(=O)c1cccc(C2CCN(C(=O)c3cccc(C(=O)NCc4ccc5nc(N)sc5c4)n3)CC2O)c1. The molecule has 4 N–H and O–H groups in total. The summed E-state index contributed by atoms with van der Waals surface area (Å²) in [7, 11) is 1.32. The van der Waals surface area contributed by atoms with E-state index >= 15 is 0 Å². The maximum Gasteiger partial charge on any atom is 0.337 e. The van der Waals surface area contributed by atoms with E-state index in [4.69, 9.17) is 10.5 Å².